The Morgan fingerprint density at radius 3 is 2.61 bits per heavy atom. The summed E-state index contributed by atoms with van der Waals surface area (Å²) in [5.41, 5.74) is 1.98. The van der Waals surface area contributed by atoms with E-state index in [-0.39, 0.29) is 30.2 Å². The number of carbonyl (C=O) groups is 3. The summed E-state index contributed by atoms with van der Waals surface area (Å²) in [5.74, 6) is 0.124. The van der Waals surface area contributed by atoms with Crippen LogP contribution in [0.4, 0.5) is 16.2 Å². The highest BCUT2D eigenvalue weighted by atomic mass is 16.2. The van der Waals surface area contributed by atoms with E-state index >= 15 is 0 Å². The third-order valence-corrected chi connectivity index (χ3v) is 6.40. The maximum atomic E-state index is 13.9. The van der Waals surface area contributed by atoms with E-state index in [2.05, 4.69) is 31.1 Å². The molecule has 33 heavy (non-hydrogen) atoms. The summed E-state index contributed by atoms with van der Waals surface area (Å²) >= 11 is 0. The first-order valence-electron chi connectivity index (χ1n) is 11.2. The third kappa shape index (κ3) is 3.77. The minimum absolute atomic E-state index is 0.0331. The number of fused-ring (bicyclic) bond motifs is 2. The Labute approximate surface area is 194 Å². The number of hydrogen-bond donors (Lipinski definition) is 2. The van der Waals surface area contributed by atoms with Crippen molar-refractivity contribution in [3.8, 4) is 0 Å². The number of benzene rings is 2. The molecular formula is C26H30N4O3. The molecule has 1 unspecified atom stereocenters. The average molecular weight is 447 g/mol. The molecule has 2 N–H and O–H groups in total. The molecule has 1 fully saturated rings. The third-order valence-electron chi connectivity index (χ3n) is 6.40. The minimum Gasteiger partial charge on any atom is -0.334 e. The van der Waals surface area contributed by atoms with Crippen molar-refractivity contribution >= 4 is 29.2 Å². The van der Waals surface area contributed by atoms with Crippen LogP contribution < -0.4 is 15.5 Å². The Morgan fingerprint density at radius 2 is 1.94 bits per heavy atom. The van der Waals surface area contributed by atoms with Gasteiger partial charge in [-0.15, -0.1) is 6.58 Å². The molecule has 0 aliphatic carbocycles. The van der Waals surface area contributed by atoms with Gasteiger partial charge in [0, 0.05) is 37.9 Å². The lowest BCUT2D eigenvalue weighted by atomic mass is 9.72. The van der Waals surface area contributed by atoms with E-state index in [4.69, 9.17) is 0 Å². The molecule has 172 valence electrons. The van der Waals surface area contributed by atoms with Gasteiger partial charge < -0.3 is 20.4 Å². The number of nitrogens with zero attached hydrogens (tertiary/aromatic N) is 2. The second-order valence-electron chi connectivity index (χ2n) is 9.12. The highest BCUT2D eigenvalue weighted by Crippen LogP contribution is 2.57. The van der Waals surface area contributed by atoms with Gasteiger partial charge in [0.05, 0.1) is 6.04 Å². The van der Waals surface area contributed by atoms with Crippen LogP contribution in [-0.4, -0.2) is 42.9 Å². The summed E-state index contributed by atoms with van der Waals surface area (Å²) in [4.78, 5) is 42.9. The fraction of sp³-hybridized carbons (Fsp3) is 0.346. The van der Waals surface area contributed by atoms with E-state index in [0.717, 1.165) is 16.8 Å². The van der Waals surface area contributed by atoms with Gasteiger partial charge in [-0.25, -0.2) is 4.79 Å². The summed E-state index contributed by atoms with van der Waals surface area (Å²) in [5, 5.41) is 5.52. The maximum absolute atomic E-state index is 13.9. The zero-order valence-corrected chi connectivity index (χ0v) is 19.3. The number of urea groups is 1. The first-order chi connectivity index (χ1) is 15.8. The van der Waals surface area contributed by atoms with Gasteiger partial charge in [-0.1, -0.05) is 50.3 Å². The fourth-order valence-corrected chi connectivity index (χ4v) is 5.11. The van der Waals surface area contributed by atoms with Crippen LogP contribution in [0.25, 0.3) is 0 Å². The van der Waals surface area contributed by atoms with Crippen LogP contribution in [0.3, 0.4) is 0 Å². The zero-order valence-electron chi connectivity index (χ0n) is 19.3. The van der Waals surface area contributed by atoms with E-state index in [0.29, 0.717) is 18.8 Å². The monoisotopic (exact) mass is 446 g/mol. The van der Waals surface area contributed by atoms with Crippen molar-refractivity contribution in [1.82, 2.24) is 10.2 Å². The Balaban J connectivity index is 1.84. The maximum Gasteiger partial charge on any atom is 0.319 e. The molecule has 2 atom stereocenters. The molecule has 4 rings (SSSR count). The molecule has 0 bridgehead atoms. The predicted octanol–water partition coefficient (Wildman–Crippen LogP) is 3.84. The van der Waals surface area contributed by atoms with Crippen LogP contribution in [-0.2, 0) is 15.0 Å². The Bertz CT molecular complexity index is 1100. The summed E-state index contributed by atoms with van der Waals surface area (Å²) in [7, 11) is 1.75. The molecule has 2 aromatic rings. The number of anilines is 2. The van der Waals surface area contributed by atoms with Gasteiger partial charge in [-0.2, -0.15) is 0 Å². The van der Waals surface area contributed by atoms with Crippen molar-refractivity contribution in [3.63, 3.8) is 0 Å². The van der Waals surface area contributed by atoms with Crippen LogP contribution in [0.5, 0.6) is 0 Å². The normalized spacial score (nSPS) is 21.6. The molecule has 0 aromatic heterocycles. The van der Waals surface area contributed by atoms with Gasteiger partial charge in [0.25, 0.3) is 0 Å². The largest absolute Gasteiger partial charge is 0.334 e. The van der Waals surface area contributed by atoms with Crippen molar-refractivity contribution in [1.29, 1.82) is 0 Å². The standard InChI is InChI=1S/C26H30N4O3/c1-5-13-27-25(33)28-19-11-12-21-20(14-19)26(24(32)29(21)4)15-22(31)30(16-17(2)3)23(26)18-9-7-6-8-10-18/h5-12,14,17,23H,1,13,15-16H2,2-4H3,(H2,27,28,33)/t23?,26-/m0/s1. The van der Waals surface area contributed by atoms with Crippen LogP contribution >= 0.6 is 0 Å². The number of carbonyl (C=O) groups excluding carboxylic acids is 3. The number of likely N-dealkylation sites (N-methyl/N-ethyl adjacent to an activating group) is 1. The number of nitrogens with one attached hydrogen (secondary N) is 2. The van der Waals surface area contributed by atoms with Gasteiger partial charge in [0.2, 0.25) is 11.8 Å². The lowest BCUT2D eigenvalue weighted by molar-refractivity contribution is -0.129. The van der Waals surface area contributed by atoms with E-state index in [1.165, 1.54) is 0 Å². The number of rotatable bonds is 6. The van der Waals surface area contributed by atoms with Gasteiger partial charge in [0.15, 0.2) is 0 Å². The SMILES string of the molecule is C=CCNC(=O)Nc1ccc2c(c1)[C@]1(CC(=O)N(CC(C)C)C1c1ccccc1)C(=O)N2C. The number of hydrogen-bond acceptors (Lipinski definition) is 3. The number of amides is 4. The molecule has 2 aliphatic rings. The smallest absolute Gasteiger partial charge is 0.319 e. The van der Waals surface area contributed by atoms with Crippen molar-refractivity contribution in [2.24, 2.45) is 5.92 Å². The van der Waals surface area contributed by atoms with E-state index in [9.17, 15) is 14.4 Å². The number of likely N-dealkylation sites (tertiary alicyclic amines) is 1. The van der Waals surface area contributed by atoms with Gasteiger partial charge in [-0.3, -0.25) is 9.59 Å². The Morgan fingerprint density at radius 1 is 1.21 bits per heavy atom. The Hall–Kier alpha value is -3.61. The fourth-order valence-electron chi connectivity index (χ4n) is 5.11. The van der Waals surface area contributed by atoms with Gasteiger partial charge >= 0.3 is 6.03 Å². The van der Waals surface area contributed by atoms with E-state index < -0.39 is 11.5 Å². The zero-order chi connectivity index (χ0) is 23.8. The van der Waals surface area contributed by atoms with Crippen LogP contribution in [0, 0.1) is 5.92 Å². The quantitative estimate of drug-likeness (QED) is 0.662. The van der Waals surface area contributed by atoms with E-state index in [1.807, 2.05) is 47.4 Å². The molecule has 4 amide bonds. The topological polar surface area (TPSA) is 81.8 Å². The molecule has 1 saturated heterocycles. The second kappa shape index (κ2) is 8.73. The predicted molar refractivity (Wildman–Crippen MR) is 129 cm³/mol. The molecule has 1 spiro atoms. The van der Waals surface area contributed by atoms with Gasteiger partial charge in [0.1, 0.15) is 5.41 Å². The lowest BCUT2D eigenvalue weighted by Crippen LogP contribution is -2.44. The summed E-state index contributed by atoms with van der Waals surface area (Å²) in [6, 6.07) is 14.4. The van der Waals surface area contributed by atoms with Crippen molar-refractivity contribution in [2.45, 2.75) is 31.7 Å². The second-order valence-corrected chi connectivity index (χ2v) is 9.12. The van der Waals surface area contributed by atoms with Crippen molar-refractivity contribution in [2.75, 3.05) is 30.4 Å². The van der Waals surface area contributed by atoms with Crippen LogP contribution in [0.2, 0.25) is 0 Å². The molecule has 2 aliphatic heterocycles. The van der Waals surface area contributed by atoms with Crippen molar-refractivity contribution in [3.05, 3.63) is 72.3 Å². The molecule has 0 radical (unpaired) electrons. The summed E-state index contributed by atoms with van der Waals surface area (Å²) in [6.45, 7) is 8.65. The molecular weight excluding hydrogens is 416 g/mol. The van der Waals surface area contributed by atoms with Crippen LogP contribution in [0.1, 0.15) is 37.4 Å². The summed E-state index contributed by atoms with van der Waals surface area (Å²) < 4.78 is 0. The first kappa shape index (κ1) is 22.6. The molecule has 0 saturated carbocycles. The van der Waals surface area contributed by atoms with Crippen LogP contribution in [0.15, 0.2) is 61.2 Å². The van der Waals surface area contributed by atoms with Gasteiger partial charge in [-0.05, 0) is 35.2 Å². The van der Waals surface area contributed by atoms with E-state index in [1.54, 1.807) is 24.1 Å². The lowest BCUT2D eigenvalue weighted by Gasteiger charge is -2.35. The highest BCUT2D eigenvalue weighted by molar-refractivity contribution is 6.12. The summed E-state index contributed by atoms with van der Waals surface area (Å²) in [6.07, 6.45) is 1.70. The molecule has 7 nitrogen and oxygen atoms in total. The molecule has 7 heteroatoms. The molecule has 2 aromatic carbocycles. The Kier molecular flexibility index (Phi) is 5.97. The van der Waals surface area contributed by atoms with Crippen molar-refractivity contribution < 1.29 is 14.4 Å². The average Bonchev–Trinajstić information content (AvgIpc) is 3.19. The highest BCUT2D eigenvalue weighted by Gasteiger charge is 2.63. The molecule has 2 heterocycles. The minimum atomic E-state index is -1.05. The first-order valence-corrected chi connectivity index (χ1v) is 11.2.